The number of likely N-dealkylation sites (tertiary alicyclic amines) is 1. The minimum atomic E-state index is -4.49. The highest BCUT2D eigenvalue weighted by Crippen LogP contribution is 2.35. The smallest absolute Gasteiger partial charge is 0.436 e. The van der Waals surface area contributed by atoms with Gasteiger partial charge >= 0.3 is 6.18 Å². The summed E-state index contributed by atoms with van der Waals surface area (Å²) in [5.41, 5.74) is -0.921. The van der Waals surface area contributed by atoms with E-state index in [1.165, 1.54) is 0 Å². The molecule has 1 fully saturated rings. The Morgan fingerprint density at radius 2 is 2.00 bits per heavy atom. The third kappa shape index (κ3) is 3.50. The number of nitrogens with zero attached hydrogens (tertiary/aromatic N) is 2. The van der Waals surface area contributed by atoms with Crippen molar-refractivity contribution >= 4 is 0 Å². The van der Waals surface area contributed by atoms with Gasteiger partial charge in [-0.15, -0.1) is 0 Å². The molecule has 3 nitrogen and oxygen atoms in total. The molecule has 2 rings (SSSR count). The van der Waals surface area contributed by atoms with E-state index in [1.807, 2.05) is 4.90 Å². The molecule has 2 heterocycles. The Morgan fingerprint density at radius 3 is 2.45 bits per heavy atom. The van der Waals surface area contributed by atoms with Gasteiger partial charge in [-0.3, -0.25) is 4.90 Å². The van der Waals surface area contributed by atoms with E-state index in [2.05, 4.69) is 4.98 Å². The summed E-state index contributed by atoms with van der Waals surface area (Å²) in [7, 11) is 0. The highest BCUT2D eigenvalue weighted by atomic mass is 19.4. The predicted octanol–water partition coefficient (Wildman–Crippen LogP) is 3.40. The van der Waals surface area contributed by atoms with Crippen LogP contribution in [0, 0.1) is 0 Å². The molecule has 114 valence electrons. The van der Waals surface area contributed by atoms with Crippen molar-refractivity contribution in [2.75, 3.05) is 19.6 Å². The molecule has 1 aliphatic heterocycles. The minimum absolute atomic E-state index is 0.110. The van der Waals surface area contributed by atoms with Crippen LogP contribution in [0.2, 0.25) is 0 Å². The highest BCUT2D eigenvalue weighted by Gasteiger charge is 2.39. The summed E-state index contributed by atoms with van der Waals surface area (Å²) in [6, 6.07) is 0. The maximum absolute atomic E-state index is 12.8. The molecule has 0 amide bonds. The highest BCUT2D eigenvalue weighted by molar-refractivity contribution is 5.17. The number of hydrogen-bond acceptors (Lipinski definition) is 3. The normalized spacial score (nSPS) is 17.8. The average molecular weight is 294 g/mol. The van der Waals surface area contributed by atoms with Crippen molar-refractivity contribution in [1.82, 2.24) is 9.88 Å². The van der Waals surface area contributed by atoms with Crippen molar-refractivity contribution < 1.29 is 22.0 Å². The number of aromatic nitrogens is 1. The standard InChI is InChI=1S/C13H18F4N2O/c1-8(2)11-12(13(15,16)17)18-10(20-11)4-3-5-19-6-9(14)7-19/h8-9H,3-7H2,1-2H3. The van der Waals surface area contributed by atoms with Crippen LogP contribution in [0.25, 0.3) is 0 Å². The van der Waals surface area contributed by atoms with Crippen LogP contribution in [0.1, 0.15) is 43.5 Å². The summed E-state index contributed by atoms with van der Waals surface area (Å²) in [6.45, 7) is 4.76. The number of halogens is 4. The van der Waals surface area contributed by atoms with Crippen LogP contribution in [0.4, 0.5) is 17.6 Å². The minimum Gasteiger partial charge on any atom is -0.445 e. The Kier molecular flexibility index (Phi) is 4.36. The van der Waals surface area contributed by atoms with Gasteiger partial charge in [0.1, 0.15) is 11.9 Å². The maximum Gasteiger partial charge on any atom is 0.436 e. The quantitative estimate of drug-likeness (QED) is 0.779. The van der Waals surface area contributed by atoms with E-state index in [0.29, 0.717) is 32.5 Å². The van der Waals surface area contributed by atoms with Crippen LogP contribution >= 0.6 is 0 Å². The van der Waals surface area contributed by atoms with E-state index in [1.54, 1.807) is 13.8 Å². The Morgan fingerprint density at radius 1 is 1.35 bits per heavy atom. The second kappa shape index (κ2) is 5.71. The van der Waals surface area contributed by atoms with Gasteiger partial charge in [-0.05, 0) is 13.0 Å². The van der Waals surface area contributed by atoms with Crippen LogP contribution in [0.15, 0.2) is 4.42 Å². The van der Waals surface area contributed by atoms with Crippen molar-refractivity contribution in [3.05, 3.63) is 17.3 Å². The molecule has 0 aromatic carbocycles. The lowest BCUT2D eigenvalue weighted by atomic mass is 10.1. The van der Waals surface area contributed by atoms with Crippen molar-refractivity contribution in [2.45, 2.75) is 45.0 Å². The molecule has 0 bridgehead atoms. The first-order valence-corrected chi connectivity index (χ1v) is 6.70. The second-order valence-corrected chi connectivity index (χ2v) is 5.43. The van der Waals surface area contributed by atoms with Gasteiger partial charge in [0.15, 0.2) is 11.6 Å². The number of alkyl halides is 4. The molecule has 0 unspecified atom stereocenters. The van der Waals surface area contributed by atoms with Gasteiger partial charge in [-0.25, -0.2) is 9.37 Å². The summed E-state index contributed by atoms with van der Waals surface area (Å²) in [5, 5.41) is 0. The summed E-state index contributed by atoms with van der Waals surface area (Å²) < 4.78 is 56.3. The zero-order valence-corrected chi connectivity index (χ0v) is 11.5. The Labute approximate surface area is 115 Å². The largest absolute Gasteiger partial charge is 0.445 e. The van der Waals surface area contributed by atoms with Gasteiger partial charge in [-0.1, -0.05) is 13.8 Å². The zero-order chi connectivity index (χ0) is 14.9. The third-order valence-electron chi connectivity index (χ3n) is 3.27. The average Bonchev–Trinajstić information content (AvgIpc) is 2.70. The fraction of sp³-hybridized carbons (Fsp3) is 0.769. The molecule has 0 saturated carbocycles. The van der Waals surface area contributed by atoms with E-state index in [-0.39, 0.29) is 17.6 Å². The molecule has 0 aliphatic carbocycles. The second-order valence-electron chi connectivity index (χ2n) is 5.43. The van der Waals surface area contributed by atoms with Crippen LogP contribution in [0.5, 0.6) is 0 Å². The van der Waals surface area contributed by atoms with Gasteiger partial charge in [0.2, 0.25) is 0 Å². The Balaban J connectivity index is 1.94. The molecule has 1 aliphatic rings. The number of rotatable bonds is 5. The fourth-order valence-electron chi connectivity index (χ4n) is 2.22. The van der Waals surface area contributed by atoms with Crippen LogP contribution < -0.4 is 0 Å². The summed E-state index contributed by atoms with van der Waals surface area (Å²) >= 11 is 0. The Hall–Kier alpha value is -1.11. The van der Waals surface area contributed by atoms with E-state index >= 15 is 0 Å². The number of aryl methyl sites for hydroxylation is 1. The summed E-state index contributed by atoms with van der Waals surface area (Å²) in [4.78, 5) is 5.49. The van der Waals surface area contributed by atoms with Crippen molar-refractivity contribution in [2.24, 2.45) is 0 Å². The maximum atomic E-state index is 12.8. The van der Waals surface area contributed by atoms with E-state index in [9.17, 15) is 17.6 Å². The van der Waals surface area contributed by atoms with Gasteiger partial charge in [0.05, 0.1) is 0 Å². The van der Waals surface area contributed by atoms with Gasteiger partial charge in [-0.2, -0.15) is 13.2 Å². The molecule has 1 aromatic heterocycles. The van der Waals surface area contributed by atoms with Gasteiger partial charge in [0.25, 0.3) is 0 Å². The predicted molar refractivity (Wildman–Crippen MR) is 65.3 cm³/mol. The van der Waals surface area contributed by atoms with E-state index < -0.39 is 18.0 Å². The van der Waals surface area contributed by atoms with Crippen LogP contribution in [-0.2, 0) is 12.6 Å². The summed E-state index contributed by atoms with van der Waals surface area (Å²) in [6.07, 6.45) is -4.30. The number of hydrogen-bond donors (Lipinski definition) is 0. The third-order valence-corrected chi connectivity index (χ3v) is 3.27. The lowest BCUT2D eigenvalue weighted by molar-refractivity contribution is -0.142. The first-order valence-electron chi connectivity index (χ1n) is 6.70. The first-order chi connectivity index (χ1) is 9.27. The topological polar surface area (TPSA) is 29.3 Å². The Bertz CT molecular complexity index is 450. The van der Waals surface area contributed by atoms with Crippen molar-refractivity contribution in [3.63, 3.8) is 0 Å². The molecule has 1 aromatic rings. The molecule has 0 spiro atoms. The number of oxazole rings is 1. The lowest BCUT2D eigenvalue weighted by Crippen LogP contribution is -2.48. The monoisotopic (exact) mass is 294 g/mol. The van der Waals surface area contributed by atoms with E-state index in [4.69, 9.17) is 4.42 Å². The molecule has 0 radical (unpaired) electrons. The molecule has 7 heteroatoms. The van der Waals surface area contributed by atoms with Crippen LogP contribution in [0.3, 0.4) is 0 Å². The molecule has 0 N–H and O–H groups in total. The first kappa shape index (κ1) is 15.3. The molecule has 0 atom stereocenters. The molecule has 1 saturated heterocycles. The molecule has 20 heavy (non-hydrogen) atoms. The molecular weight excluding hydrogens is 276 g/mol. The van der Waals surface area contributed by atoms with Gasteiger partial charge < -0.3 is 4.42 Å². The summed E-state index contributed by atoms with van der Waals surface area (Å²) in [5.74, 6) is -0.367. The molecular formula is C13H18F4N2O. The van der Waals surface area contributed by atoms with Gasteiger partial charge in [0, 0.05) is 25.4 Å². The zero-order valence-electron chi connectivity index (χ0n) is 11.5. The van der Waals surface area contributed by atoms with Crippen molar-refractivity contribution in [3.8, 4) is 0 Å². The lowest BCUT2D eigenvalue weighted by Gasteiger charge is -2.33. The van der Waals surface area contributed by atoms with Crippen LogP contribution in [-0.4, -0.2) is 35.7 Å². The van der Waals surface area contributed by atoms with Crippen molar-refractivity contribution in [1.29, 1.82) is 0 Å². The van der Waals surface area contributed by atoms with E-state index in [0.717, 1.165) is 0 Å². The SMILES string of the molecule is CC(C)c1oc(CCCN2CC(F)C2)nc1C(F)(F)F. The fourth-order valence-corrected chi connectivity index (χ4v) is 2.22.